The molecule has 0 atom stereocenters. The van der Waals surface area contributed by atoms with Crippen LogP contribution in [0, 0.1) is 0 Å². The molecule has 0 fully saturated rings. The highest BCUT2D eigenvalue weighted by Gasteiger charge is 2.32. The van der Waals surface area contributed by atoms with Crippen LogP contribution in [0.4, 0.5) is 13.2 Å². The summed E-state index contributed by atoms with van der Waals surface area (Å²) < 4.78 is 69.9. The molecule has 0 aliphatic rings. The zero-order valence-corrected chi connectivity index (χ0v) is 11.1. The van der Waals surface area contributed by atoms with Crippen molar-refractivity contribution in [2.75, 3.05) is 0 Å². The van der Waals surface area contributed by atoms with Gasteiger partial charge in [0.1, 0.15) is 0 Å². The molecule has 0 radical (unpaired) electrons. The predicted octanol–water partition coefficient (Wildman–Crippen LogP) is 0.953. The Morgan fingerprint density at radius 1 is 1.10 bits per heavy atom. The van der Waals surface area contributed by atoms with E-state index in [1.54, 1.807) is 0 Å². The molecule has 2 aromatic heterocycles. The summed E-state index contributed by atoms with van der Waals surface area (Å²) in [4.78, 5) is 0. The third kappa shape index (κ3) is 4.20. The summed E-state index contributed by atoms with van der Waals surface area (Å²) in [7, 11) is -4.42. The Hall–Kier alpha value is -2.07. The van der Waals surface area contributed by atoms with E-state index in [0.29, 0.717) is 5.56 Å². The van der Waals surface area contributed by atoms with Crippen molar-refractivity contribution in [2.24, 2.45) is 0 Å². The molecule has 0 amide bonds. The second-order valence-corrected chi connectivity index (χ2v) is 5.46. The standard InChI is InChI=1S/C11H8F3N3O3S/c12-11(13,14)10-2-1-9(15-16-10)8-3-5-17(6-4-8)7-21(18,19)20/h1-6H,7H2. The molecule has 0 aliphatic heterocycles. The van der Waals surface area contributed by atoms with E-state index in [1.165, 1.54) is 24.5 Å². The molecule has 0 unspecified atom stereocenters. The minimum atomic E-state index is -4.56. The van der Waals surface area contributed by atoms with Crippen LogP contribution in [-0.2, 0) is 22.2 Å². The van der Waals surface area contributed by atoms with Gasteiger partial charge in [0, 0.05) is 17.7 Å². The number of nitrogens with zero attached hydrogens (tertiary/aromatic N) is 3. The zero-order valence-electron chi connectivity index (χ0n) is 10.3. The maximum absolute atomic E-state index is 12.3. The Morgan fingerprint density at radius 2 is 1.71 bits per heavy atom. The third-order valence-corrected chi connectivity index (χ3v) is 3.06. The number of rotatable bonds is 3. The van der Waals surface area contributed by atoms with Gasteiger partial charge in [-0.1, -0.05) is 0 Å². The fraction of sp³-hybridized carbons (Fsp3) is 0.182. The predicted molar refractivity (Wildman–Crippen MR) is 62.4 cm³/mol. The minimum Gasteiger partial charge on any atom is -0.743 e. The highest BCUT2D eigenvalue weighted by molar-refractivity contribution is 7.84. The first-order valence-electron chi connectivity index (χ1n) is 5.49. The van der Waals surface area contributed by atoms with Gasteiger partial charge in [-0.3, -0.25) is 0 Å². The average Bonchev–Trinajstić information content (AvgIpc) is 2.37. The van der Waals surface area contributed by atoms with Crippen molar-refractivity contribution < 1.29 is 30.7 Å². The number of alkyl halides is 3. The lowest BCUT2D eigenvalue weighted by molar-refractivity contribution is -0.678. The van der Waals surface area contributed by atoms with Gasteiger partial charge in [-0.25, -0.2) is 8.42 Å². The Bertz CT molecular complexity index is 728. The monoisotopic (exact) mass is 319 g/mol. The van der Waals surface area contributed by atoms with Crippen LogP contribution in [0.15, 0.2) is 36.7 Å². The Labute approximate surface area is 117 Å². The summed E-state index contributed by atoms with van der Waals surface area (Å²) in [5.41, 5.74) is -0.467. The van der Waals surface area contributed by atoms with Gasteiger partial charge in [0.05, 0.1) is 5.69 Å². The van der Waals surface area contributed by atoms with Crippen molar-refractivity contribution in [1.29, 1.82) is 0 Å². The van der Waals surface area contributed by atoms with Crippen LogP contribution in [0.3, 0.4) is 0 Å². The van der Waals surface area contributed by atoms with Crippen LogP contribution >= 0.6 is 0 Å². The van der Waals surface area contributed by atoms with Crippen molar-refractivity contribution in [3.8, 4) is 11.3 Å². The van der Waals surface area contributed by atoms with Gasteiger partial charge in [0.2, 0.25) is 5.88 Å². The highest BCUT2D eigenvalue weighted by atomic mass is 32.2. The van der Waals surface area contributed by atoms with E-state index in [4.69, 9.17) is 0 Å². The summed E-state index contributed by atoms with van der Waals surface area (Å²) in [6.07, 6.45) is -1.94. The molecule has 2 rings (SSSR count). The van der Waals surface area contributed by atoms with E-state index in [9.17, 15) is 26.1 Å². The maximum atomic E-state index is 12.3. The highest BCUT2D eigenvalue weighted by Crippen LogP contribution is 2.27. The normalized spacial score (nSPS) is 12.4. The van der Waals surface area contributed by atoms with Gasteiger partial charge in [-0.15, -0.1) is 10.2 Å². The zero-order chi connectivity index (χ0) is 15.7. The molecule has 0 saturated heterocycles. The number of hydrogen-bond donors (Lipinski definition) is 0. The quantitative estimate of drug-likeness (QED) is 0.621. The van der Waals surface area contributed by atoms with Gasteiger partial charge in [-0.2, -0.15) is 17.7 Å². The molecule has 0 bridgehead atoms. The van der Waals surface area contributed by atoms with Gasteiger partial charge < -0.3 is 4.55 Å². The summed E-state index contributed by atoms with van der Waals surface area (Å²) in [6.45, 7) is 0. The van der Waals surface area contributed by atoms with Crippen molar-refractivity contribution in [2.45, 2.75) is 12.1 Å². The second-order valence-electron chi connectivity index (χ2n) is 4.09. The topological polar surface area (TPSA) is 86.9 Å². The van der Waals surface area contributed by atoms with Crippen LogP contribution in [0.2, 0.25) is 0 Å². The number of hydrogen-bond acceptors (Lipinski definition) is 5. The van der Waals surface area contributed by atoms with Crippen molar-refractivity contribution in [3.05, 3.63) is 42.4 Å². The van der Waals surface area contributed by atoms with Gasteiger partial charge in [0.25, 0.3) is 0 Å². The molecule has 0 saturated carbocycles. The van der Waals surface area contributed by atoms with Gasteiger partial charge in [-0.05, 0) is 12.1 Å². The first-order chi connectivity index (χ1) is 9.65. The molecule has 2 aromatic rings. The van der Waals surface area contributed by atoms with Crippen molar-refractivity contribution in [1.82, 2.24) is 10.2 Å². The molecule has 0 N–H and O–H groups in total. The summed E-state index contributed by atoms with van der Waals surface area (Å²) in [5.74, 6) is -0.730. The van der Waals surface area contributed by atoms with Gasteiger partial charge in [0.15, 0.2) is 28.2 Å². The Morgan fingerprint density at radius 3 is 2.14 bits per heavy atom. The Balaban J connectivity index is 2.23. The summed E-state index contributed by atoms with van der Waals surface area (Å²) in [6, 6.07) is 4.79. The molecule has 0 aliphatic carbocycles. The lowest BCUT2D eigenvalue weighted by Gasteiger charge is -2.05. The fourth-order valence-corrected chi connectivity index (χ4v) is 2.07. The summed E-state index contributed by atoms with van der Waals surface area (Å²) in [5, 5.41) is 6.54. The molecule has 21 heavy (non-hydrogen) atoms. The first kappa shape index (κ1) is 15.3. The smallest absolute Gasteiger partial charge is 0.435 e. The van der Waals surface area contributed by atoms with E-state index < -0.39 is 27.9 Å². The van der Waals surface area contributed by atoms with Crippen LogP contribution in [0.5, 0.6) is 0 Å². The first-order valence-corrected chi connectivity index (χ1v) is 7.07. The minimum absolute atomic E-state index is 0.195. The van der Waals surface area contributed by atoms with E-state index in [2.05, 4.69) is 10.2 Å². The van der Waals surface area contributed by atoms with E-state index in [1.807, 2.05) is 0 Å². The average molecular weight is 319 g/mol. The van der Waals surface area contributed by atoms with Crippen molar-refractivity contribution >= 4 is 10.1 Å². The van der Waals surface area contributed by atoms with Gasteiger partial charge >= 0.3 is 6.18 Å². The molecule has 2 heterocycles. The van der Waals surface area contributed by atoms with E-state index >= 15 is 0 Å². The number of halogens is 3. The van der Waals surface area contributed by atoms with E-state index in [-0.39, 0.29) is 5.69 Å². The largest absolute Gasteiger partial charge is 0.743 e. The van der Waals surface area contributed by atoms with Crippen LogP contribution in [0.25, 0.3) is 11.3 Å². The second kappa shape index (κ2) is 5.37. The molecule has 6 nitrogen and oxygen atoms in total. The fourth-order valence-electron chi connectivity index (χ4n) is 1.53. The summed E-state index contributed by atoms with van der Waals surface area (Å²) >= 11 is 0. The molecule has 0 spiro atoms. The number of pyridine rings is 1. The lowest BCUT2D eigenvalue weighted by atomic mass is 10.2. The van der Waals surface area contributed by atoms with Crippen LogP contribution in [0.1, 0.15) is 5.69 Å². The van der Waals surface area contributed by atoms with Crippen LogP contribution < -0.4 is 4.57 Å². The maximum Gasteiger partial charge on any atom is 0.435 e. The molecular weight excluding hydrogens is 311 g/mol. The van der Waals surface area contributed by atoms with E-state index in [0.717, 1.165) is 16.7 Å². The SMILES string of the molecule is O=S(=O)([O-])C[n+]1ccc(-c2ccc(C(F)(F)F)nn2)cc1. The number of aromatic nitrogens is 3. The molecule has 10 heteroatoms. The third-order valence-electron chi connectivity index (χ3n) is 2.45. The molecular formula is C11H8F3N3O3S. The van der Waals surface area contributed by atoms with Crippen LogP contribution in [-0.4, -0.2) is 23.2 Å². The molecule has 112 valence electrons. The molecule has 0 aromatic carbocycles. The Kier molecular flexibility index (Phi) is 3.92. The lowest BCUT2D eigenvalue weighted by Crippen LogP contribution is -2.36. The van der Waals surface area contributed by atoms with Crippen molar-refractivity contribution in [3.63, 3.8) is 0 Å².